The molecule has 0 aliphatic heterocycles. The van der Waals surface area contributed by atoms with Gasteiger partial charge in [-0.2, -0.15) is 23.4 Å². The number of hydrogen-bond acceptors (Lipinski definition) is 5. The van der Waals surface area contributed by atoms with E-state index in [1.807, 2.05) is 5.10 Å². The van der Waals surface area contributed by atoms with Crippen LogP contribution in [0.15, 0.2) is 27.7 Å². The summed E-state index contributed by atoms with van der Waals surface area (Å²) in [6.45, 7) is -0.00910. The van der Waals surface area contributed by atoms with Crippen molar-refractivity contribution in [3.05, 3.63) is 40.8 Å². The van der Waals surface area contributed by atoms with Gasteiger partial charge in [0.25, 0.3) is 10.0 Å². The number of aromatic amines is 2. The highest BCUT2D eigenvalue weighted by Gasteiger charge is 2.33. The smallest absolute Gasteiger partial charge is 0.432 e. The predicted molar refractivity (Wildman–Crippen MR) is 85.9 cm³/mol. The SMILES string of the molecule is O=S(=O)(NCc1n[nH]c2c1CCC2)c1ccc(-c2cc(C(F)(F)F)[nH]n2)o1. The van der Waals surface area contributed by atoms with Crippen LogP contribution in [0.25, 0.3) is 11.5 Å². The van der Waals surface area contributed by atoms with E-state index in [1.54, 1.807) is 0 Å². The van der Waals surface area contributed by atoms with Crippen LogP contribution in [-0.4, -0.2) is 28.8 Å². The van der Waals surface area contributed by atoms with E-state index in [-0.39, 0.29) is 18.0 Å². The lowest BCUT2D eigenvalue weighted by Crippen LogP contribution is -2.23. The maximum atomic E-state index is 12.6. The second-order valence-electron chi connectivity index (χ2n) is 6.09. The van der Waals surface area contributed by atoms with Gasteiger partial charge in [0.2, 0.25) is 5.09 Å². The molecule has 0 radical (unpaired) electrons. The van der Waals surface area contributed by atoms with Gasteiger partial charge in [-0.3, -0.25) is 10.2 Å². The normalized spacial score (nSPS) is 14.6. The van der Waals surface area contributed by atoms with Gasteiger partial charge in [-0.05, 0) is 43.0 Å². The largest absolute Gasteiger partial charge is 0.442 e. The zero-order chi connectivity index (χ0) is 19.2. The maximum Gasteiger partial charge on any atom is 0.432 e. The molecule has 3 aromatic heterocycles. The predicted octanol–water partition coefficient (Wildman–Crippen LogP) is 2.38. The number of hydrogen-bond donors (Lipinski definition) is 3. The zero-order valence-electron chi connectivity index (χ0n) is 13.7. The summed E-state index contributed by atoms with van der Waals surface area (Å²) in [4.78, 5) is 0. The molecule has 1 aliphatic rings. The molecule has 0 unspecified atom stereocenters. The summed E-state index contributed by atoms with van der Waals surface area (Å²) < 4.78 is 70.2. The first-order valence-electron chi connectivity index (χ1n) is 8.01. The zero-order valence-corrected chi connectivity index (χ0v) is 14.5. The van der Waals surface area contributed by atoms with Gasteiger partial charge in [0.15, 0.2) is 5.76 Å². The minimum absolute atomic E-state index is 0.00910. The molecule has 3 heterocycles. The number of nitrogens with one attached hydrogen (secondary N) is 3. The molecule has 0 saturated heterocycles. The van der Waals surface area contributed by atoms with Gasteiger partial charge in [-0.1, -0.05) is 0 Å². The molecule has 0 saturated carbocycles. The van der Waals surface area contributed by atoms with Crippen molar-refractivity contribution in [2.24, 2.45) is 0 Å². The Bertz CT molecular complexity index is 1080. The van der Waals surface area contributed by atoms with Crippen LogP contribution in [0.4, 0.5) is 13.2 Å². The maximum absolute atomic E-state index is 12.6. The monoisotopic (exact) mass is 401 g/mol. The molecular formula is C15H14F3N5O3S. The standard InChI is InChI=1S/C15H14F3N5O3S/c16-15(17,18)13-6-10(21-23-13)12-4-5-14(26-12)27(24,25)19-7-11-8-2-1-3-9(8)20-22-11/h4-6,19H,1-3,7H2,(H,20,22)(H,21,23). The molecule has 12 heteroatoms. The van der Waals surface area contributed by atoms with Crippen LogP contribution >= 0.6 is 0 Å². The molecule has 27 heavy (non-hydrogen) atoms. The fraction of sp³-hybridized carbons (Fsp3) is 0.333. The van der Waals surface area contributed by atoms with E-state index in [2.05, 4.69) is 20.0 Å². The molecule has 0 spiro atoms. The Morgan fingerprint density at radius 3 is 2.74 bits per heavy atom. The van der Waals surface area contributed by atoms with Crippen LogP contribution in [0, 0.1) is 0 Å². The lowest BCUT2D eigenvalue weighted by molar-refractivity contribution is -0.141. The van der Waals surface area contributed by atoms with Crippen molar-refractivity contribution < 1.29 is 26.0 Å². The van der Waals surface area contributed by atoms with Crippen molar-refractivity contribution in [2.45, 2.75) is 37.1 Å². The number of rotatable bonds is 5. The van der Waals surface area contributed by atoms with Crippen LogP contribution in [0.3, 0.4) is 0 Å². The quantitative estimate of drug-likeness (QED) is 0.607. The summed E-state index contributed by atoms with van der Waals surface area (Å²) >= 11 is 0. The van der Waals surface area contributed by atoms with E-state index < -0.39 is 27.0 Å². The second kappa shape index (κ2) is 6.23. The number of fused-ring (bicyclic) bond motifs is 1. The lowest BCUT2D eigenvalue weighted by Gasteiger charge is -2.03. The molecule has 144 valence electrons. The summed E-state index contributed by atoms with van der Waals surface area (Å²) in [5, 5.41) is 11.9. The third-order valence-electron chi connectivity index (χ3n) is 4.30. The van der Waals surface area contributed by atoms with Crippen molar-refractivity contribution >= 4 is 10.0 Å². The van der Waals surface area contributed by atoms with E-state index in [9.17, 15) is 21.6 Å². The van der Waals surface area contributed by atoms with Crippen molar-refractivity contribution in [1.82, 2.24) is 25.1 Å². The first-order chi connectivity index (χ1) is 12.7. The van der Waals surface area contributed by atoms with Crippen molar-refractivity contribution in [1.29, 1.82) is 0 Å². The molecule has 0 fully saturated rings. The number of H-pyrrole nitrogens is 2. The Hall–Kier alpha value is -2.60. The highest BCUT2D eigenvalue weighted by atomic mass is 32.2. The van der Waals surface area contributed by atoms with Crippen molar-refractivity contribution in [2.75, 3.05) is 0 Å². The molecule has 3 aromatic rings. The first-order valence-corrected chi connectivity index (χ1v) is 9.50. The van der Waals surface area contributed by atoms with Crippen LogP contribution < -0.4 is 4.72 Å². The lowest BCUT2D eigenvalue weighted by atomic mass is 10.2. The van der Waals surface area contributed by atoms with Gasteiger partial charge in [-0.15, -0.1) is 0 Å². The van der Waals surface area contributed by atoms with Crippen LogP contribution in [0.1, 0.15) is 29.1 Å². The summed E-state index contributed by atoms with van der Waals surface area (Å²) in [6, 6.07) is 3.15. The fourth-order valence-electron chi connectivity index (χ4n) is 2.96. The van der Waals surface area contributed by atoms with E-state index in [4.69, 9.17) is 4.42 Å². The second-order valence-corrected chi connectivity index (χ2v) is 7.79. The number of sulfonamides is 1. The summed E-state index contributed by atoms with van der Waals surface area (Å²) in [7, 11) is -3.99. The van der Waals surface area contributed by atoms with Gasteiger partial charge >= 0.3 is 6.18 Å². The number of halogens is 3. The molecule has 4 rings (SSSR count). The molecule has 3 N–H and O–H groups in total. The summed E-state index contributed by atoms with van der Waals surface area (Å²) in [5.41, 5.74) is 1.47. The number of alkyl halides is 3. The average Bonchev–Trinajstić information content (AvgIpc) is 3.34. The van der Waals surface area contributed by atoms with E-state index in [0.29, 0.717) is 5.69 Å². The molecular weight excluding hydrogens is 387 g/mol. The first kappa shape index (κ1) is 17.8. The minimum Gasteiger partial charge on any atom is -0.442 e. The number of furan rings is 1. The average molecular weight is 401 g/mol. The van der Waals surface area contributed by atoms with Gasteiger partial charge in [0, 0.05) is 5.69 Å². The van der Waals surface area contributed by atoms with Gasteiger partial charge in [-0.25, -0.2) is 13.1 Å². The third kappa shape index (κ3) is 3.37. The van der Waals surface area contributed by atoms with E-state index in [1.165, 1.54) is 6.07 Å². The Labute approximate surface area is 151 Å². The Morgan fingerprint density at radius 2 is 2.00 bits per heavy atom. The van der Waals surface area contributed by atoms with Crippen LogP contribution in [0.5, 0.6) is 0 Å². The molecule has 0 atom stereocenters. The minimum atomic E-state index is -4.59. The van der Waals surface area contributed by atoms with Gasteiger partial charge in [0.1, 0.15) is 11.4 Å². The third-order valence-corrected chi connectivity index (χ3v) is 5.58. The fourth-order valence-corrected chi connectivity index (χ4v) is 3.88. The van der Waals surface area contributed by atoms with Gasteiger partial charge in [0.05, 0.1) is 12.2 Å². The Kier molecular flexibility index (Phi) is 4.11. The summed E-state index contributed by atoms with van der Waals surface area (Å²) in [5.74, 6) is -0.0946. The van der Waals surface area contributed by atoms with Crippen molar-refractivity contribution in [3.8, 4) is 11.5 Å². The molecule has 0 aromatic carbocycles. The van der Waals surface area contributed by atoms with Crippen LogP contribution in [-0.2, 0) is 35.6 Å². The number of nitrogens with zero attached hydrogens (tertiary/aromatic N) is 2. The Balaban J connectivity index is 1.50. The molecule has 8 nitrogen and oxygen atoms in total. The Morgan fingerprint density at radius 1 is 1.19 bits per heavy atom. The van der Waals surface area contributed by atoms with Crippen LogP contribution in [0.2, 0.25) is 0 Å². The van der Waals surface area contributed by atoms with E-state index in [0.717, 1.165) is 42.7 Å². The molecule has 0 bridgehead atoms. The number of aryl methyl sites for hydroxylation is 1. The molecule has 1 aliphatic carbocycles. The highest BCUT2D eigenvalue weighted by molar-refractivity contribution is 7.89. The molecule has 0 amide bonds. The van der Waals surface area contributed by atoms with E-state index >= 15 is 0 Å². The van der Waals surface area contributed by atoms with Gasteiger partial charge < -0.3 is 4.42 Å². The highest BCUT2D eigenvalue weighted by Crippen LogP contribution is 2.31. The van der Waals surface area contributed by atoms with Crippen molar-refractivity contribution in [3.63, 3.8) is 0 Å². The topological polar surface area (TPSA) is 117 Å². The number of aromatic nitrogens is 4. The summed E-state index contributed by atoms with van der Waals surface area (Å²) in [6.07, 6.45) is -1.86.